The number of fused-ring (bicyclic) bond motifs is 4. The number of rotatable bonds is 5. The van der Waals surface area contributed by atoms with Gasteiger partial charge in [0.2, 0.25) is 29.0 Å². The summed E-state index contributed by atoms with van der Waals surface area (Å²) in [6.45, 7) is 1.35. The van der Waals surface area contributed by atoms with Crippen molar-refractivity contribution in [2.45, 2.75) is 13.3 Å². The van der Waals surface area contributed by atoms with Gasteiger partial charge in [-0.1, -0.05) is 72.8 Å². The first kappa shape index (κ1) is 25.9. The molecule has 0 fully saturated rings. The second-order valence-electron chi connectivity index (χ2n) is 10.3. The average Bonchev–Trinajstić information content (AvgIpc) is 3.65. The van der Waals surface area contributed by atoms with Crippen molar-refractivity contribution in [2.75, 3.05) is 0 Å². The molecule has 0 saturated heterocycles. The molecular weight excluding hydrogens is 546 g/mol. The second-order valence-corrected chi connectivity index (χ2v) is 10.3. The number of imidazole rings is 2. The highest BCUT2D eigenvalue weighted by Gasteiger charge is 2.34. The van der Waals surface area contributed by atoms with Crippen LogP contribution < -0.4 is 5.32 Å². The van der Waals surface area contributed by atoms with Gasteiger partial charge in [0.15, 0.2) is 5.82 Å². The molecule has 2 aliphatic rings. The molecule has 0 bridgehead atoms. The molecule has 2 aliphatic carbocycles. The largest absolute Gasteiger partial charge is 0.338 e. The summed E-state index contributed by atoms with van der Waals surface area (Å²) >= 11 is 0. The van der Waals surface area contributed by atoms with Gasteiger partial charge in [-0.25, -0.2) is 9.97 Å². The predicted molar refractivity (Wildman–Crippen MR) is 155 cm³/mol. The van der Waals surface area contributed by atoms with E-state index in [2.05, 4.69) is 25.3 Å². The van der Waals surface area contributed by atoms with Crippen LogP contribution >= 0.6 is 0 Å². The number of nitrogens with zero attached hydrogens (tertiary/aromatic N) is 2. The Labute approximate surface area is 243 Å². The van der Waals surface area contributed by atoms with Gasteiger partial charge >= 0.3 is 0 Å². The maximum Gasteiger partial charge on any atom is 0.221 e. The summed E-state index contributed by atoms with van der Waals surface area (Å²) in [6, 6.07) is 20.6. The van der Waals surface area contributed by atoms with Gasteiger partial charge in [-0.3, -0.25) is 24.0 Å². The Morgan fingerprint density at radius 3 is 1.77 bits per heavy atom. The molecule has 1 amide bonds. The van der Waals surface area contributed by atoms with Crippen molar-refractivity contribution in [3.63, 3.8) is 0 Å². The number of hydrogen-bond acceptors (Lipinski definition) is 7. The number of carbonyl (C=O) groups is 5. The zero-order chi connectivity index (χ0) is 29.8. The molecule has 0 spiro atoms. The third-order valence-electron chi connectivity index (χ3n) is 7.40. The minimum absolute atomic E-state index is 0.00602. The third kappa shape index (κ3) is 4.32. The first-order valence-electron chi connectivity index (χ1n) is 13.4. The van der Waals surface area contributed by atoms with Crippen molar-refractivity contribution >= 4 is 40.8 Å². The predicted octanol–water partition coefficient (Wildman–Crippen LogP) is 3.91. The topological polar surface area (TPSA) is 155 Å². The average molecular weight is 568 g/mol. The zero-order valence-corrected chi connectivity index (χ0v) is 22.6. The van der Waals surface area contributed by atoms with E-state index in [0.29, 0.717) is 34.5 Å². The summed E-state index contributed by atoms with van der Waals surface area (Å²) < 4.78 is 0. The van der Waals surface area contributed by atoms with E-state index in [-0.39, 0.29) is 68.9 Å². The van der Waals surface area contributed by atoms with Crippen LogP contribution in [0.25, 0.3) is 11.8 Å². The lowest BCUT2D eigenvalue weighted by Crippen LogP contribution is -2.20. The molecule has 7 rings (SSSR count). The van der Waals surface area contributed by atoms with Gasteiger partial charge in [0.1, 0.15) is 28.6 Å². The number of aromatic amines is 2. The van der Waals surface area contributed by atoms with Crippen LogP contribution in [0, 0.1) is 0 Å². The lowest BCUT2D eigenvalue weighted by atomic mass is 9.90. The highest BCUT2D eigenvalue weighted by molar-refractivity contribution is 6.28. The van der Waals surface area contributed by atoms with Crippen molar-refractivity contribution in [3.05, 3.63) is 141 Å². The Hall–Kier alpha value is -6.03. The van der Waals surface area contributed by atoms with Crippen molar-refractivity contribution in [1.29, 1.82) is 0 Å². The fourth-order valence-electron chi connectivity index (χ4n) is 5.39. The van der Waals surface area contributed by atoms with Gasteiger partial charge in [-0.15, -0.1) is 0 Å². The van der Waals surface area contributed by atoms with E-state index in [9.17, 15) is 24.0 Å². The van der Waals surface area contributed by atoms with E-state index < -0.39 is 0 Å². The number of benzene rings is 3. The van der Waals surface area contributed by atoms with Crippen LogP contribution in [-0.4, -0.2) is 49.0 Å². The molecule has 0 atom stereocenters. The molecule has 0 unspecified atom stereocenters. The maximum absolute atomic E-state index is 13.0. The van der Waals surface area contributed by atoms with Gasteiger partial charge in [-0.2, -0.15) is 0 Å². The number of H-pyrrole nitrogens is 2. The van der Waals surface area contributed by atoms with E-state index >= 15 is 0 Å². The lowest BCUT2D eigenvalue weighted by Gasteiger charge is -2.11. The van der Waals surface area contributed by atoms with Crippen LogP contribution in [-0.2, 0) is 11.2 Å². The van der Waals surface area contributed by atoms with Gasteiger partial charge in [0, 0.05) is 35.6 Å². The van der Waals surface area contributed by atoms with Gasteiger partial charge in [-0.05, 0) is 17.2 Å². The standard InChI is InChI=1S/C33H21N5O5/c1-16(39)34-23(33-37-27-28(38-33)32(43)22-9-5-4-8-21(22)31(27)42)14-17-10-12-18(13-11-17)15-24-35-25-26(36-24)30(41)20-7-3-2-6-19(20)29(25)40/h2-14H,15H2,1H3,(H,34,39)(H,35,36)(H,37,38)/b23-14-. The first-order valence-corrected chi connectivity index (χ1v) is 13.4. The Bertz CT molecular complexity index is 1980. The number of aromatic nitrogens is 4. The van der Waals surface area contributed by atoms with Crippen LogP contribution in [0.15, 0.2) is 72.8 Å². The van der Waals surface area contributed by atoms with Crippen molar-refractivity contribution in [3.8, 4) is 0 Å². The Morgan fingerprint density at radius 2 is 1.21 bits per heavy atom. The van der Waals surface area contributed by atoms with E-state index in [1.165, 1.54) is 6.92 Å². The molecule has 2 aromatic heterocycles. The monoisotopic (exact) mass is 567 g/mol. The first-order chi connectivity index (χ1) is 20.8. The number of hydrogen-bond donors (Lipinski definition) is 3. The molecule has 0 radical (unpaired) electrons. The van der Waals surface area contributed by atoms with Crippen LogP contribution in [0.2, 0.25) is 0 Å². The molecule has 0 saturated carbocycles. The fourth-order valence-corrected chi connectivity index (χ4v) is 5.39. The van der Waals surface area contributed by atoms with Gasteiger partial charge < -0.3 is 15.3 Å². The number of carbonyl (C=O) groups excluding carboxylic acids is 5. The molecule has 208 valence electrons. The van der Waals surface area contributed by atoms with Crippen molar-refractivity contribution in [1.82, 2.24) is 25.3 Å². The molecule has 0 aliphatic heterocycles. The zero-order valence-electron chi connectivity index (χ0n) is 22.6. The number of amides is 1. The van der Waals surface area contributed by atoms with Crippen LogP contribution in [0.4, 0.5) is 0 Å². The molecule has 2 heterocycles. The highest BCUT2D eigenvalue weighted by atomic mass is 16.2. The Balaban J connectivity index is 1.16. The van der Waals surface area contributed by atoms with Crippen LogP contribution in [0.5, 0.6) is 0 Å². The summed E-state index contributed by atoms with van der Waals surface area (Å²) in [6.07, 6.45) is 2.03. The SMILES string of the molecule is CC(=O)N/C(=C\c1ccc(Cc2nc3c([nH]2)C(=O)c2ccccc2C3=O)cc1)c1nc2c([nH]1)C(=O)c1ccccc1C2=O. The highest BCUT2D eigenvalue weighted by Crippen LogP contribution is 2.28. The molecule has 3 aromatic carbocycles. The molecule has 5 aromatic rings. The minimum atomic E-state index is -0.369. The summed E-state index contributed by atoms with van der Waals surface area (Å²) in [5.74, 6) is -0.958. The lowest BCUT2D eigenvalue weighted by molar-refractivity contribution is -0.117. The van der Waals surface area contributed by atoms with E-state index in [4.69, 9.17) is 0 Å². The molecule has 10 heteroatoms. The summed E-state index contributed by atoms with van der Waals surface area (Å²) in [5.41, 5.74) is 3.55. The third-order valence-corrected chi connectivity index (χ3v) is 7.40. The Kier molecular flexibility index (Phi) is 5.91. The smallest absolute Gasteiger partial charge is 0.221 e. The van der Waals surface area contributed by atoms with Gasteiger partial charge in [0.05, 0.1) is 5.70 Å². The quantitative estimate of drug-likeness (QED) is 0.285. The van der Waals surface area contributed by atoms with E-state index in [1.807, 2.05) is 24.3 Å². The second kappa shape index (κ2) is 9.81. The van der Waals surface area contributed by atoms with Crippen molar-refractivity contribution < 1.29 is 24.0 Å². The van der Waals surface area contributed by atoms with Crippen LogP contribution in [0.3, 0.4) is 0 Å². The Morgan fingerprint density at radius 1 is 0.698 bits per heavy atom. The number of ketones is 4. The summed E-state index contributed by atoms with van der Waals surface area (Å²) in [5, 5.41) is 2.73. The minimum Gasteiger partial charge on any atom is -0.338 e. The van der Waals surface area contributed by atoms with Crippen LogP contribution in [0.1, 0.15) is 93.9 Å². The van der Waals surface area contributed by atoms with Crippen molar-refractivity contribution in [2.24, 2.45) is 0 Å². The van der Waals surface area contributed by atoms with E-state index in [1.54, 1.807) is 54.6 Å². The molecule has 3 N–H and O–H groups in total. The maximum atomic E-state index is 13.0. The molecule has 10 nitrogen and oxygen atoms in total. The number of nitrogens with one attached hydrogen (secondary N) is 3. The fraction of sp³-hybridized carbons (Fsp3) is 0.0606. The summed E-state index contributed by atoms with van der Waals surface area (Å²) in [4.78, 5) is 78.7. The summed E-state index contributed by atoms with van der Waals surface area (Å²) in [7, 11) is 0. The van der Waals surface area contributed by atoms with Gasteiger partial charge in [0.25, 0.3) is 0 Å². The molecular formula is C33H21N5O5. The normalized spacial score (nSPS) is 13.7. The molecule has 43 heavy (non-hydrogen) atoms. The van der Waals surface area contributed by atoms with E-state index in [0.717, 1.165) is 5.56 Å².